The summed E-state index contributed by atoms with van der Waals surface area (Å²) in [4.78, 5) is 24.6. The number of rotatable bonds is 7. The molecule has 0 N–H and O–H groups in total. The summed E-state index contributed by atoms with van der Waals surface area (Å²) < 4.78 is 11.6. The summed E-state index contributed by atoms with van der Waals surface area (Å²) in [7, 11) is 1.66. The predicted molar refractivity (Wildman–Crippen MR) is 133 cm³/mol. The lowest BCUT2D eigenvalue weighted by atomic mass is 10.00. The molecule has 1 fully saturated rings. The number of benzene rings is 2. The minimum atomic E-state index is -0.161. The van der Waals surface area contributed by atoms with Crippen LogP contribution in [0.3, 0.4) is 0 Å². The number of pyridine rings is 1. The van der Waals surface area contributed by atoms with E-state index < -0.39 is 0 Å². The van der Waals surface area contributed by atoms with E-state index in [0.717, 1.165) is 42.0 Å². The van der Waals surface area contributed by atoms with Crippen LogP contribution in [0.25, 0.3) is 0 Å². The van der Waals surface area contributed by atoms with E-state index in [4.69, 9.17) is 9.15 Å². The fraction of sp³-hybridized carbons (Fsp3) is 0.276. The van der Waals surface area contributed by atoms with E-state index in [-0.39, 0.29) is 11.9 Å². The highest BCUT2D eigenvalue weighted by Gasteiger charge is 2.32. The molecule has 0 radical (unpaired) electrons. The second kappa shape index (κ2) is 10.6. The molecule has 3 heterocycles. The van der Waals surface area contributed by atoms with E-state index in [1.807, 2.05) is 53.4 Å². The van der Waals surface area contributed by atoms with Gasteiger partial charge in [-0.05, 0) is 43.0 Å². The highest BCUT2D eigenvalue weighted by Crippen LogP contribution is 2.32. The number of hydrogen-bond acceptors (Lipinski definition) is 5. The maximum absolute atomic E-state index is 13.6. The summed E-state index contributed by atoms with van der Waals surface area (Å²) in [6.45, 7) is 0.685. The second-order valence-electron chi connectivity index (χ2n) is 8.86. The van der Waals surface area contributed by atoms with Crippen molar-refractivity contribution >= 4 is 5.91 Å². The van der Waals surface area contributed by atoms with Gasteiger partial charge in [0.15, 0.2) is 0 Å². The summed E-state index contributed by atoms with van der Waals surface area (Å²) in [6, 6.07) is 21.6. The van der Waals surface area contributed by atoms with Gasteiger partial charge < -0.3 is 14.1 Å². The third kappa shape index (κ3) is 5.27. The Morgan fingerprint density at radius 2 is 1.86 bits per heavy atom. The van der Waals surface area contributed by atoms with Gasteiger partial charge in [0.05, 0.1) is 13.3 Å². The maximum atomic E-state index is 13.6. The van der Waals surface area contributed by atoms with Crippen molar-refractivity contribution in [1.82, 2.24) is 14.9 Å². The molecule has 0 spiro atoms. The summed E-state index contributed by atoms with van der Waals surface area (Å²) >= 11 is 0. The van der Waals surface area contributed by atoms with Gasteiger partial charge in [0.1, 0.15) is 17.6 Å². The van der Waals surface area contributed by atoms with Gasteiger partial charge in [-0.15, -0.1) is 0 Å². The summed E-state index contributed by atoms with van der Waals surface area (Å²) in [5.74, 6) is 2.23. The van der Waals surface area contributed by atoms with Gasteiger partial charge in [-0.2, -0.15) is 0 Å². The molecule has 1 amide bonds. The van der Waals surface area contributed by atoms with Gasteiger partial charge in [0, 0.05) is 42.4 Å². The highest BCUT2D eigenvalue weighted by molar-refractivity contribution is 5.94. The molecule has 6 nitrogen and oxygen atoms in total. The molecule has 0 bridgehead atoms. The number of oxazole rings is 1. The molecule has 4 aromatic rings. The number of ether oxygens (including phenoxy) is 1. The lowest BCUT2D eigenvalue weighted by molar-refractivity contribution is 0.0570. The number of hydrogen-bond donors (Lipinski definition) is 0. The first-order valence-electron chi connectivity index (χ1n) is 12.1. The Bertz CT molecular complexity index is 1290. The Kier molecular flexibility index (Phi) is 6.89. The van der Waals surface area contributed by atoms with Gasteiger partial charge in [-0.1, -0.05) is 48.5 Å². The Morgan fingerprint density at radius 1 is 1.03 bits per heavy atom. The fourth-order valence-electron chi connectivity index (χ4n) is 4.70. The number of likely N-dealkylation sites (tertiary alicyclic amines) is 1. The lowest BCUT2D eigenvalue weighted by Gasteiger charge is -2.34. The average Bonchev–Trinajstić information content (AvgIpc) is 3.37. The van der Waals surface area contributed by atoms with Gasteiger partial charge in [-0.3, -0.25) is 9.78 Å². The minimum absolute atomic E-state index is 0.0128. The number of nitrogens with zero attached hydrogens (tertiary/aromatic N) is 3. The summed E-state index contributed by atoms with van der Waals surface area (Å²) in [6.07, 6.45) is 7.63. The van der Waals surface area contributed by atoms with Crippen molar-refractivity contribution in [2.24, 2.45) is 0 Å². The zero-order valence-electron chi connectivity index (χ0n) is 19.9. The van der Waals surface area contributed by atoms with E-state index in [2.05, 4.69) is 22.1 Å². The van der Waals surface area contributed by atoms with Crippen LogP contribution < -0.4 is 4.74 Å². The third-order valence-corrected chi connectivity index (χ3v) is 6.47. The van der Waals surface area contributed by atoms with Crippen molar-refractivity contribution in [3.8, 4) is 5.75 Å². The lowest BCUT2D eigenvalue weighted by Crippen LogP contribution is -2.38. The third-order valence-electron chi connectivity index (χ3n) is 6.47. The molecule has 1 aliphatic rings. The Morgan fingerprint density at radius 3 is 2.71 bits per heavy atom. The van der Waals surface area contributed by atoms with E-state index in [9.17, 15) is 4.79 Å². The molecular weight excluding hydrogens is 438 g/mol. The number of carbonyl (C=O) groups is 1. The Labute approximate surface area is 205 Å². The van der Waals surface area contributed by atoms with Crippen molar-refractivity contribution in [3.05, 3.63) is 113 Å². The van der Waals surface area contributed by atoms with E-state index in [0.29, 0.717) is 30.8 Å². The van der Waals surface area contributed by atoms with Crippen molar-refractivity contribution in [1.29, 1.82) is 0 Å². The van der Waals surface area contributed by atoms with Crippen molar-refractivity contribution in [3.63, 3.8) is 0 Å². The molecule has 1 aliphatic heterocycles. The maximum Gasteiger partial charge on any atom is 0.254 e. The SMILES string of the molecule is COc1ccccc1Cc1cc(C(=O)N2CCCC[C@@H]2c2ncc(Cc3ccccc3)o2)ccn1. The largest absolute Gasteiger partial charge is 0.496 e. The smallest absolute Gasteiger partial charge is 0.254 e. The van der Waals surface area contributed by atoms with Crippen molar-refractivity contribution in [2.75, 3.05) is 13.7 Å². The van der Waals surface area contributed by atoms with Crippen LogP contribution in [0.2, 0.25) is 0 Å². The highest BCUT2D eigenvalue weighted by atomic mass is 16.5. The molecule has 178 valence electrons. The van der Waals surface area contributed by atoms with E-state index >= 15 is 0 Å². The molecular formula is C29H29N3O3. The van der Waals surface area contributed by atoms with Crippen LogP contribution in [0, 0.1) is 0 Å². The first-order valence-corrected chi connectivity index (χ1v) is 12.1. The molecule has 6 heteroatoms. The van der Waals surface area contributed by atoms with Crippen LogP contribution >= 0.6 is 0 Å². The monoisotopic (exact) mass is 467 g/mol. The van der Waals surface area contributed by atoms with Crippen LogP contribution in [-0.4, -0.2) is 34.4 Å². The molecule has 0 unspecified atom stereocenters. The van der Waals surface area contributed by atoms with E-state index in [1.165, 1.54) is 5.56 Å². The van der Waals surface area contributed by atoms with Crippen LogP contribution in [0.4, 0.5) is 0 Å². The van der Waals surface area contributed by atoms with E-state index in [1.54, 1.807) is 25.6 Å². The molecule has 1 saturated heterocycles. The first-order chi connectivity index (χ1) is 17.2. The number of piperidine rings is 1. The van der Waals surface area contributed by atoms with Crippen LogP contribution in [0.5, 0.6) is 5.75 Å². The van der Waals surface area contributed by atoms with Crippen LogP contribution in [0.1, 0.15) is 64.1 Å². The normalized spacial score (nSPS) is 15.7. The number of carbonyl (C=O) groups excluding carboxylic acids is 1. The number of para-hydroxylation sites is 1. The molecule has 2 aromatic carbocycles. The van der Waals surface area contributed by atoms with Crippen molar-refractivity contribution < 1.29 is 13.9 Å². The Balaban J connectivity index is 1.34. The zero-order chi connectivity index (χ0) is 24.0. The molecule has 0 aliphatic carbocycles. The first kappa shape index (κ1) is 22.8. The minimum Gasteiger partial charge on any atom is -0.496 e. The molecule has 1 atom stereocenters. The van der Waals surface area contributed by atoms with Crippen molar-refractivity contribution in [2.45, 2.75) is 38.1 Å². The van der Waals surface area contributed by atoms with Gasteiger partial charge in [0.25, 0.3) is 5.91 Å². The second-order valence-corrected chi connectivity index (χ2v) is 8.86. The Hall–Kier alpha value is -3.93. The molecule has 2 aromatic heterocycles. The standard InChI is InChI=1S/C29H29N3O3/c1-34-27-13-6-5-11-22(27)18-24-19-23(14-15-30-24)29(33)32-16-8-7-12-26(32)28-31-20-25(35-28)17-21-9-3-2-4-10-21/h2-6,9-11,13-15,19-20,26H,7-8,12,16-18H2,1H3/t26-/m1/s1. The zero-order valence-corrected chi connectivity index (χ0v) is 19.9. The van der Waals surface area contributed by atoms with Gasteiger partial charge >= 0.3 is 0 Å². The number of amides is 1. The van der Waals surface area contributed by atoms with Crippen LogP contribution in [0.15, 0.2) is 83.5 Å². The quantitative estimate of drug-likeness (QED) is 0.352. The summed E-state index contributed by atoms with van der Waals surface area (Å²) in [5, 5.41) is 0. The number of methoxy groups -OCH3 is 1. The van der Waals surface area contributed by atoms with Gasteiger partial charge in [0.2, 0.25) is 5.89 Å². The number of aromatic nitrogens is 2. The summed E-state index contributed by atoms with van der Waals surface area (Å²) in [5.41, 5.74) is 3.67. The topological polar surface area (TPSA) is 68.5 Å². The van der Waals surface area contributed by atoms with Gasteiger partial charge in [-0.25, -0.2) is 4.98 Å². The molecule has 0 saturated carbocycles. The average molecular weight is 468 g/mol. The predicted octanol–water partition coefficient (Wildman–Crippen LogP) is 5.63. The van der Waals surface area contributed by atoms with Crippen LogP contribution in [-0.2, 0) is 12.8 Å². The molecule has 35 heavy (non-hydrogen) atoms. The molecule has 5 rings (SSSR count). The fourth-order valence-corrected chi connectivity index (χ4v) is 4.70.